The van der Waals surface area contributed by atoms with Crippen LogP contribution in [0.3, 0.4) is 0 Å². The Morgan fingerprint density at radius 3 is 3.00 bits per heavy atom. The molecule has 1 heterocycles. The van der Waals surface area contributed by atoms with Crippen molar-refractivity contribution in [3.05, 3.63) is 12.7 Å². The molecule has 0 aliphatic carbocycles. The maximum atomic E-state index is 11.4. The molecule has 0 radical (unpaired) electrons. The van der Waals surface area contributed by atoms with Gasteiger partial charge in [0.15, 0.2) is 0 Å². The highest BCUT2D eigenvalue weighted by molar-refractivity contribution is 5.77. The lowest BCUT2D eigenvalue weighted by molar-refractivity contribution is -0.129. The lowest BCUT2D eigenvalue weighted by Crippen LogP contribution is -2.44. The van der Waals surface area contributed by atoms with Gasteiger partial charge >= 0.3 is 0 Å². The van der Waals surface area contributed by atoms with Crippen LogP contribution in [0.5, 0.6) is 0 Å². The van der Waals surface area contributed by atoms with Gasteiger partial charge in [-0.05, 0) is 19.4 Å². The number of hydrogen-bond acceptors (Lipinski definition) is 2. The van der Waals surface area contributed by atoms with E-state index >= 15 is 0 Å². The molecule has 3 heteroatoms. The Bertz CT molecular complexity index is 197. The fourth-order valence-corrected chi connectivity index (χ4v) is 1.79. The summed E-state index contributed by atoms with van der Waals surface area (Å²) in [7, 11) is 1.86. The van der Waals surface area contributed by atoms with Crippen LogP contribution in [0.15, 0.2) is 12.7 Å². The Morgan fingerprint density at radius 1 is 1.64 bits per heavy atom. The third kappa shape index (κ3) is 3.50. The topological polar surface area (TPSA) is 32.3 Å². The lowest BCUT2D eigenvalue weighted by Gasteiger charge is -2.28. The smallest absolute Gasteiger partial charge is 0.226 e. The number of rotatable bonds is 4. The van der Waals surface area contributed by atoms with Crippen molar-refractivity contribution < 1.29 is 4.79 Å². The van der Waals surface area contributed by atoms with Crippen LogP contribution in [0.2, 0.25) is 0 Å². The molecule has 1 amide bonds. The van der Waals surface area contributed by atoms with Gasteiger partial charge in [-0.2, -0.15) is 0 Å². The minimum absolute atomic E-state index is 0.160. The number of carbonyl (C=O) groups excluding carboxylic acids is 1. The quantitative estimate of drug-likeness (QED) is 0.684. The molecule has 1 N–H and O–H groups in total. The number of piperidine rings is 1. The van der Waals surface area contributed by atoms with Crippen LogP contribution in [-0.2, 0) is 4.79 Å². The highest BCUT2D eigenvalue weighted by Crippen LogP contribution is 2.08. The summed E-state index contributed by atoms with van der Waals surface area (Å²) in [5, 5.41) is 3.43. The molecule has 1 saturated heterocycles. The molecule has 0 aromatic rings. The van der Waals surface area contributed by atoms with Crippen LogP contribution in [0.1, 0.15) is 25.7 Å². The van der Waals surface area contributed by atoms with E-state index in [-0.39, 0.29) is 5.91 Å². The number of likely N-dealkylation sites (N-methyl/N-ethyl adjacent to an activating group) is 1. The number of carbonyl (C=O) groups is 1. The molecule has 1 atom stereocenters. The van der Waals surface area contributed by atoms with E-state index in [9.17, 15) is 4.79 Å². The predicted molar refractivity (Wildman–Crippen MR) is 58.1 cm³/mol. The van der Waals surface area contributed by atoms with E-state index in [1.807, 2.05) is 7.05 Å². The van der Waals surface area contributed by atoms with Crippen LogP contribution in [0.4, 0.5) is 0 Å². The zero-order valence-electron chi connectivity index (χ0n) is 8.96. The summed E-state index contributed by atoms with van der Waals surface area (Å²) in [5.74, 6) is 0.160. The van der Waals surface area contributed by atoms with Crippen molar-refractivity contribution in [1.29, 1.82) is 0 Å². The molecule has 0 aromatic heterocycles. The fourth-order valence-electron chi connectivity index (χ4n) is 1.79. The zero-order valence-corrected chi connectivity index (χ0v) is 8.96. The molecule has 1 aliphatic rings. The summed E-state index contributed by atoms with van der Waals surface area (Å²) in [4.78, 5) is 13.2. The number of hydrogen-bond donors (Lipinski definition) is 1. The molecule has 0 aromatic carbocycles. The van der Waals surface area contributed by atoms with Crippen molar-refractivity contribution in [2.45, 2.75) is 31.7 Å². The highest BCUT2D eigenvalue weighted by Gasteiger charge is 2.16. The molecular weight excluding hydrogens is 176 g/mol. The number of nitrogens with one attached hydrogen (secondary N) is 1. The Kier molecular flexibility index (Phi) is 4.66. The molecular formula is C11H20N2O. The first-order valence-corrected chi connectivity index (χ1v) is 5.32. The monoisotopic (exact) mass is 196 g/mol. The molecule has 14 heavy (non-hydrogen) atoms. The van der Waals surface area contributed by atoms with Crippen LogP contribution >= 0.6 is 0 Å². The van der Waals surface area contributed by atoms with Gasteiger partial charge in [-0.1, -0.05) is 12.5 Å². The molecule has 0 spiro atoms. The average Bonchev–Trinajstić information content (AvgIpc) is 2.19. The van der Waals surface area contributed by atoms with E-state index in [0.717, 1.165) is 13.1 Å². The largest absolute Gasteiger partial charge is 0.344 e. The molecule has 80 valence electrons. The second kappa shape index (κ2) is 5.81. The first-order chi connectivity index (χ1) is 6.74. The predicted octanol–water partition coefficient (Wildman–Crippen LogP) is 1.16. The SMILES string of the molecule is C=CCC(=O)N(C)CC1CCCCN1. The Morgan fingerprint density at radius 2 is 2.43 bits per heavy atom. The lowest BCUT2D eigenvalue weighted by atomic mass is 10.0. The van der Waals surface area contributed by atoms with Crippen LogP contribution in [-0.4, -0.2) is 37.0 Å². The van der Waals surface area contributed by atoms with Crippen LogP contribution < -0.4 is 5.32 Å². The second-order valence-electron chi connectivity index (χ2n) is 3.91. The third-order valence-electron chi connectivity index (χ3n) is 2.65. The van der Waals surface area contributed by atoms with Crippen molar-refractivity contribution in [3.63, 3.8) is 0 Å². The zero-order chi connectivity index (χ0) is 10.4. The number of amides is 1. The van der Waals surface area contributed by atoms with E-state index in [1.54, 1.807) is 11.0 Å². The molecule has 0 bridgehead atoms. The Labute approximate surface area is 86.2 Å². The van der Waals surface area contributed by atoms with E-state index in [0.29, 0.717) is 12.5 Å². The summed E-state index contributed by atoms with van der Waals surface area (Å²) in [6.07, 6.45) is 5.84. The van der Waals surface area contributed by atoms with Gasteiger partial charge in [-0.15, -0.1) is 6.58 Å². The first-order valence-electron chi connectivity index (χ1n) is 5.32. The molecule has 0 saturated carbocycles. The van der Waals surface area contributed by atoms with Gasteiger partial charge in [-0.3, -0.25) is 4.79 Å². The minimum atomic E-state index is 0.160. The van der Waals surface area contributed by atoms with Crippen LogP contribution in [0.25, 0.3) is 0 Å². The van der Waals surface area contributed by atoms with Gasteiger partial charge in [0.25, 0.3) is 0 Å². The van der Waals surface area contributed by atoms with Gasteiger partial charge in [-0.25, -0.2) is 0 Å². The standard InChI is InChI=1S/C11H20N2O/c1-3-6-11(14)13(2)9-10-7-4-5-8-12-10/h3,10,12H,1,4-9H2,2H3. The Balaban J connectivity index is 2.27. The van der Waals surface area contributed by atoms with Crippen LogP contribution in [0, 0.1) is 0 Å². The van der Waals surface area contributed by atoms with Gasteiger partial charge in [0, 0.05) is 26.1 Å². The summed E-state index contributed by atoms with van der Waals surface area (Å²) < 4.78 is 0. The highest BCUT2D eigenvalue weighted by atomic mass is 16.2. The maximum Gasteiger partial charge on any atom is 0.226 e. The second-order valence-corrected chi connectivity index (χ2v) is 3.91. The average molecular weight is 196 g/mol. The van der Waals surface area contributed by atoms with Gasteiger partial charge < -0.3 is 10.2 Å². The van der Waals surface area contributed by atoms with Crippen molar-refractivity contribution in [1.82, 2.24) is 10.2 Å². The third-order valence-corrected chi connectivity index (χ3v) is 2.65. The molecule has 3 nitrogen and oxygen atoms in total. The Hall–Kier alpha value is -0.830. The molecule has 1 unspecified atom stereocenters. The summed E-state index contributed by atoms with van der Waals surface area (Å²) in [6, 6.07) is 0.488. The summed E-state index contributed by atoms with van der Waals surface area (Å²) in [5.41, 5.74) is 0. The van der Waals surface area contributed by atoms with Crippen molar-refractivity contribution in [2.75, 3.05) is 20.1 Å². The molecule has 1 fully saturated rings. The van der Waals surface area contributed by atoms with Gasteiger partial charge in [0.1, 0.15) is 0 Å². The van der Waals surface area contributed by atoms with Crippen molar-refractivity contribution in [2.24, 2.45) is 0 Å². The van der Waals surface area contributed by atoms with E-state index < -0.39 is 0 Å². The normalized spacial score (nSPS) is 21.6. The maximum absolute atomic E-state index is 11.4. The molecule has 1 aliphatic heterocycles. The van der Waals surface area contributed by atoms with E-state index in [2.05, 4.69) is 11.9 Å². The number of nitrogens with zero attached hydrogens (tertiary/aromatic N) is 1. The van der Waals surface area contributed by atoms with Gasteiger partial charge in [0.05, 0.1) is 0 Å². The van der Waals surface area contributed by atoms with Crippen molar-refractivity contribution >= 4 is 5.91 Å². The molecule has 1 rings (SSSR count). The van der Waals surface area contributed by atoms with E-state index in [4.69, 9.17) is 0 Å². The fraction of sp³-hybridized carbons (Fsp3) is 0.727. The summed E-state index contributed by atoms with van der Waals surface area (Å²) in [6.45, 7) is 5.48. The van der Waals surface area contributed by atoms with Gasteiger partial charge in [0.2, 0.25) is 5.91 Å². The van der Waals surface area contributed by atoms with Crippen molar-refractivity contribution in [3.8, 4) is 0 Å². The first kappa shape index (κ1) is 11.2. The summed E-state index contributed by atoms with van der Waals surface area (Å²) >= 11 is 0. The van der Waals surface area contributed by atoms with E-state index in [1.165, 1.54) is 19.3 Å². The minimum Gasteiger partial charge on any atom is -0.344 e.